The summed E-state index contributed by atoms with van der Waals surface area (Å²) < 4.78 is 50.2. The van der Waals surface area contributed by atoms with Gasteiger partial charge in [0.1, 0.15) is 6.10 Å². The van der Waals surface area contributed by atoms with E-state index in [9.17, 15) is 13.2 Å². The van der Waals surface area contributed by atoms with Gasteiger partial charge in [-0.25, -0.2) is 0 Å². The van der Waals surface area contributed by atoms with Crippen LogP contribution in [0.25, 0.3) is 0 Å². The average Bonchev–Trinajstić information content (AvgIpc) is 2.90. The van der Waals surface area contributed by atoms with E-state index >= 15 is 0 Å². The number of likely N-dealkylation sites (tertiary alicyclic amines) is 1. The highest BCUT2D eigenvalue weighted by Gasteiger charge is 2.44. The fraction of sp³-hybridized carbons (Fsp3) is 0.545. The first-order valence-corrected chi connectivity index (χ1v) is 10.6. The van der Waals surface area contributed by atoms with Gasteiger partial charge >= 0.3 is 6.18 Å². The third kappa shape index (κ3) is 4.64. The van der Waals surface area contributed by atoms with E-state index in [0.29, 0.717) is 23.5 Å². The number of piperidine rings is 1. The van der Waals surface area contributed by atoms with Crippen LogP contribution in [-0.2, 0) is 6.18 Å². The number of ether oxygens (including phenoxy) is 1. The highest BCUT2D eigenvalue weighted by atomic mass is 31.0. The molecule has 1 aromatic rings. The van der Waals surface area contributed by atoms with Gasteiger partial charge in [-0.15, -0.1) is 0 Å². The van der Waals surface area contributed by atoms with Crippen molar-refractivity contribution in [2.24, 2.45) is 17.8 Å². The van der Waals surface area contributed by atoms with E-state index in [1.54, 1.807) is 0 Å². The number of benzene rings is 1. The Hall–Kier alpha value is -1.52. The van der Waals surface area contributed by atoms with Crippen molar-refractivity contribution in [1.29, 1.82) is 0 Å². The highest BCUT2D eigenvalue weighted by molar-refractivity contribution is 7.10. The lowest BCUT2D eigenvalue weighted by Crippen LogP contribution is -2.47. The van der Waals surface area contributed by atoms with Crippen LogP contribution >= 0.6 is 9.47 Å². The molecule has 0 aromatic heterocycles. The van der Waals surface area contributed by atoms with Crippen LogP contribution in [0.15, 0.2) is 42.0 Å². The lowest BCUT2D eigenvalue weighted by atomic mass is 9.93. The number of fused-ring (bicyclic) bond motifs is 2. The van der Waals surface area contributed by atoms with E-state index in [0.717, 1.165) is 51.0 Å². The maximum Gasteiger partial charge on any atom is 0.416 e. The molecule has 0 spiro atoms. The van der Waals surface area contributed by atoms with Gasteiger partial charge in [0.25, 0.3) is 0 Å². The lowest BCUT2D eigenvalue weighted by molar-refractivity contribution is -0.137. The zero-order valence-electron chi connectivity index (χ0n) is 16.5. The van der Waals surface area contributed by atoms with Gasteiger partial charge in [-0.3, -0.25) is 4.90 Å². The molecule has 4 rings (SSSR count). The Morgan fingerprint density at radius 1 is 1.14 bits per heavy atom. The number of rotatable bonds is 5. The first kappa shape index (κ1) is 20.7. The normalized spacial score (nSPS) is 29.6. The zero-order valence-corrected chi connectivity index (χ0v) is 17.6. The molecule has 3 aliphatic rings. The van der Waals surface area contributed by atoms with Crippen LogP contribution in [0.3, 0.4) is 0 Å². The molecule has 5 atom stereocenters. The van der Waals surface area contributed by atoms with Gasteiger partial charge in [-0.1, -0.05) is 25.2 Å². The predicted molar refractivity (Wildman–Crippen MR) is 110 cm³/mol. The SMILES string of the molecule is CC1C=C(CN2C[C@H]3CC[C@@H](C2)[C@@H]3Oc2ccc(C(F)(F)F)cc2OP)C=CC1. The van der Waals surface area contributed by atoms with Gasteiger partial charge < -0.3 is 9.26 Å². The number of halogens is 3. The molecule has 1 saturated carbocycles. The number of hydrogen-bond donors (Lipinski definition) is 0. The van der Waals surface area contributed by atoms with E-state index < -0.39 is 11.7 Å². The molecule has 0 N–H and O–H groups in total. The van der Waals surface area contributed by atoms with Gasteiger partial charge in [0.15, 0.2) is 11.5 Å². The molecule has 1 saturated heterocycles. The molecule has 0 amide bonds. The molecule has 29 heavy (non-hydrogen) atoms. The summed E-state index contributed by atoms with van der Waals surface area (Å²) in [6.45, 7) is 5.11. The summed E-state index contributed by atoms with van der Waals surface area (Å²) in [4.78, 5) is 2.50. The van der Waals surface area contributed by atoms with Crippen molar-refractivity contribution in [3.63, 3.8) is 0 Å². The van der Waals surface area contributed by atoms with Gasteiger partial charge in [0, 0.05) is 31.5 Å². The quantitative estimate of drug-likeness (QED) is 0.583. The molecule has 2 unspecified atom stereocenters. The van der Waals surface area contributed by atoms with Crippen molar-refractivity contribution < 1.29 is 22.4 Å². The van der Waals surface area contributed by atoms with E-state index in [1.807, 2.05) is 9.47 Å². The van der Waals surface area contributed by atoms with Crippen LogP contribution in [0.1, 0.15) is 31.7 Å². The number of allylic oxidation sites excluding steroid dienone is 2. The van der Waals surface area contributed by atoms with Crippen molar-refractivity contribution in [3.05, 3.63) is 47.6 Å². The van der Waals surface area contributed by atoms with Gasteiger partial charge in [-0.2, -0.15) is 13.2 Å². The zero-order chi connectivity index (χ0) is 20.6. The van der Waals surface area contributed by atoms with Crippen molar-refractivity contribution >= 4 is 9.47 Å². The molecule has 1 heterocycles. The Morgan fingerprint density at radius 2 is 1.86 bits per heavy atom. The average molecular weight is 425 g/mol. The Morgan fingerprint density at radius 3 is 2.48 bits per heavy atom. The van der Waals surface area contributed by atoms with Crippen molar-refractivity contribution in [3.8, 4) is 11.5 Å². The molecule has 2 bridgehead atoms. The fourth-order valence-corrected chi connectivity index (χ4v) is 5.08. The van der Waals surface area contributed by atoms with Crippen LogP contribution in [0.5, 0.6) is 11.5 Å². The number of nitrogens with zero attached hydrogens (tertiary/aromatic N) is 1. The minimum atomic E-state index is -4.40. The predicted octanol–water partition coefficient (Wildman–Crippen LogP) is 5.49. The minimum absolute atomic E-state index is 0.0247. The first-order chi connectivity index (χ1) is 13.8. The molecule has 158 valence electrons. The topological polar surface area (TPSA) is 21.7 Å². The molecule has 2 aliphatic carbocycles. The molecule has 1 aromatic carbocycles. The summed E-state index contributed by atoms with van der Waals surface area (Å²) in [5.74, 6) is 1.86. The standard InChI is InChI=1S/C22H27F3NO2P/c1-14-3-2-4-15(9-14)11-26-12-16-5-6-17(13-26)21(16)27-19-8-7-18(22(23,24)25)10-20(19)28-29/h2,4,7-10,14,16-17,21H,3,5-6,11-13,29H2,1H3/t14?,16-,17+,21-. The first-order valence-electron chi connectivity index (χ1n) is 10.2. The van der Waals surface area contributed by atoms with Gasteiger partial charge in [-0.05, 0) is 49.0 Å². The summed E-state index contributed by atoms with van der Waals surface area (Å²) in [7, 11) is 2.02. The Balaban J connectivity index is 1.43. The van der Waals surface area contributed by atoms with Crippen LogP contribution in [0.2, 0.25) is 0 Å². The monoisotopic (exact) mass is 425 g/mol. The minimum Gasteiger partial charge on any atom is -0.486 e. The van der Waals surface area contributed by atoms with E-state index in [2.05, 4.69) is 30.1 Å². The maximum atomic E-state index is 13.0. The van der Waals surface area contributed by atoms with Gasteiger partial charge in [0.2, 0.25) is 0 Å². The summed E-state index contributed by atoms with van der Waals surface area (Å²) in [6, 6.07) is 3.44. The second-order valence-electron chi connectivity index (χ2n) is 8.51. The van der Waals surface area contributed by atoms with E-state index in [-0.39, 0.29) is 11.9 Å². The second kappa shape index (κ2) is 8.31. The largest absolute Gasteiger partial charge is 0.486 e. The lowest BCUT2D eigenvalue weighted by Gasteiger charge is -2.38. The third-order valence-corrected chi connectivity index (χ3v) is 6.48. The van der Waals surface area contributed by atoms with Crippen molar-refractivity contribution in [2.75, 3.05) is 19.6 Å². The fourth-order valence-electron chi connectivity index (χ4n) is 4.90. The molecule has 1 aliphatic heterocycles. The third-order valence-electron chi connectivity index (χ3n) is 6.23. The van der Waals surface area contributed by atoms with E-state index in [4.69, 9.17) is 9.26 Å². The second-order valence-corrected chi connectivity index (χ2v) is 8.74. The Kier molecular flexibility index (Phi) is 5.94. The summed E-state index contributed by atoms with van der Waals surface area (Å²) in [5.41, 5.74) is 0.645. The van der Waals surface area contributed by atoms with Crippen LogP contribution in [0.4, 0.5) is 13.2 Å². The van der Waals surface area contributed by atoms with Crippen LogP contribution in [0, 0.1) is 17.8 Å². The number of hydrogen-bond acceptors (Lipinski definition) is 3. The van der Waals surface area contributed by atoms with Gasteiger partial charge in [0.05, 0.1) is 15.0 Å². The van der Waals surface area contributed by atoms with Crippen LogP contribution < -0.4 is 9.26 Å². The van der Waals surface area contributed by atoms with Crippen molar-refractivity contribution in [1.82, 2.24) is 4.90 Å². The summed E-state index contributed by atoms with van der Waals surface area (Å²) >= 11 is 0. The smallest absolute Gasteiger partial charge is 0.416 e. The Bertz CT molecular complexity index is 794. The summed E-state index contributed by atoms with van der Waals surface area (Å²) in [5, 5.41) is 0. The Labute approximate surface area is 172 Å². The van der Waals surface area contributed by atoms with E-state index in [1.165, 1.54) is 11.6 Å². The van der Waals surface area contributed by atoms with Crippen molar-refractivity contribution in [2.45, 2.75) is 38.5 Å². The number of alkyl halides is 3. The summed E-state index contributed by atoms with van der Waals surface area (Å²) in [6.07, 6.45) is 5.75. The van der Waals surface area contributed by atoms with Crippen LogP contribution in [-0.4, -0.2) is 30.6 Å². The molecule has 7 heteroatoms. The molecule has 0 radical (unpaired) electrons. The highest BCUT2D eigenvalue weighted by Crippen LogP contribution is 2.43. The maximum absolute atomic E-state index is 13.0. The molecular weight excluding hydrogens is 398 g/mol. The molecule has 3 nitrogen and oxygen atoms in total. The molecule has 2 fully saturated rings. The molecular formula is C22H27F3NO2P.